The number of likely N-dealkylation sites (tertiary alicyclic amines) is 1. The predicted octanol–water partition coefficient (Wildman–Crippen LogP) is 5.63. The SMILES string of the molecule is COC(=O)c1ccc(Oc2ccc(COCC(=O)N[C@H](C(=O)N3C[C@H](O)C[C@H]3C(=O)NCc3ccc(-c4sccc4C)cc3)C(C)(C)C)cc2)cc1. The molecule has 1 aromatic heterocycles. The van der Waals surface area contributed by atoms with E-state index in [-0.39, 0.29) is 38.6 Å². The first-order valence-electron chi connectivity index (χ1n) is 17.0. The lowest BCUT2D eigenvalue weighted by Crippen LogP contribution is -2.58. The molecule has 1 aliphatic rings. The van der Waals surface area contributed by atoms with Gasteiger partial charge in [-0.3, -0.25) is 14.4 Å². The lowest BCUT2D eigenvalue weighted by atomic mass is 9.85. The first kappa shape index (κ1) is 38.2. The molecule has 1 aliphatic heterocycles. The van der Waals surface area contributed by atoms with Gasteiger partial charge in [-0.2, -0.15) is 0 Å². The molecule has 11 nitrogen and oxygen atoms in total. The van der Waals surface area contributed by atoms with E-state index < -0.39 is 41.4 Å². The van der Waals surface area contributed by atoms with Gasteiger partial charge in [-0.25, -0.2) is 4.79 Å². The molecule has 0 spiro atoms. The number of thiophene rings is 1. The van der Waals surface area contributed by atoms with Gasteiger partial charge in [-0.05, 0) is 82.4 Å². The monoisotopic (exact) mass is 727 g/mol. The van der Waals surface area contributed by atoms with Crippen LogP contribution in [0.1, 0.15) is 54.2 Å². The quantitative estimate of drug-likeness (QED) is 0.151. The Kier molecular flexibility index (Phi) is 12.5. The summed E-state index contributed by atoms with van der Waals surface area (Å²) in [5, 5.41) is 18.3. The summed E-state index contributed by atoms with van der Waals surface area (Å²) in [6.07, 6.45) is -0.760. The Bertz CT molecular complexity index is 1850. The molecular formula is C40H45N3O8S. The minimum absolute atomic E-state index is 0.0107. The number of carbonyl (C=O) groups excluding carboxylic acids is 4. The van der Waals surface area contributed by atoms with Gasteiger partial charge in [0.25, 0.3) is 0 Å². The smallest absolute Gasteiger partial charge is 0.337 e. The normalized spacial score (nSPS) is 16.2. The van der Waals surface area contributed by atoms with E-state index in [0.29, 0.717) is 17.1 Å². The van der Waals surface area contributed by atoms with Gasteiger partial charge in [0.15, 0.2) is 0 Å². The first-order chi connectivity index (χ1) is 24.8. The van der Waals surface area contributed by atoms with E-state index in [4.69, 9.17) is 14.2 Å². The zero-order valence-electron chi connectivity index (χ0n) is 30.0. The van der Waals surface area contributed by atoms with Crippen LogP contribution in [-0.4, -0.2) is 72.1 Å². The Morgan fingerprint density at radius 3 is 2.15 bits per heavy atom. The molecule has 3 atom stereocenters. The molecule has 5 rings (SSSR count). The summed E-state index contributed by atoms with van der Waals surface area (Å²) in [5.41, 5.74) is 3.77. The highest BCUT2D eigenvalue weighted by Crippen LogP contribution is 2.30. The van der Waals surface area contributed by atoms with E-state index in [9.17, 15) is 24.3 Å². The van der Waals surface area contributed by atoms with Crippen LogP contribution in [0.25, 0.3) is 10.4 Å². The van der Waals surface area contributed by atoms with Gasteiger partial charge in [0, 0.05) is 24.4 Å². The van der Waals surface area contributed by atoms with E-state index in [2.05, 4.69) is 29.0 Å². The van der Waals surface area contributed by atoms with Crippen molar-refractivity contribution in [2.75, 3.05) is 20.3 Å². The van der Waals surface area contributed by atoms with Crippen LogP contribution in [0.4, 0.5) is 0 Å². The number of amides is 3. The van der Waals surface area contributed by atoms with Gasteiger partial charge in [-0.1, -0.05) is 57.2 Å². The Hall–Kier alpha value is -5.04. The standard InChI is InChI=1S/C40H45N3O8S/c1-25-18-19-52-35(25)28-10-6-26(7-11-28)21-41-37(46)33-20-30(44)22-43(33)38(47)36(40(2,3)4)42-34(45)24-50-23-27-8-14-31(15-9-27)51-32-16-12-29(13-17-32)39(48)49-5/h6-19,30,33,36,44H,20-24H2,1-5H3,(H,41,46)(H,42,45)/t30-,33+,36-/m1/s1. The average Bonchev–Trinajstić information content (AvgIpc) is 3.75. The number of hydrogen-bond donors (Lipinski definition) is 3. The topological polar surface area (TPSA) is 144 Å². The number of carbonyl (C=O) groups is 4. The van der Waals surface area contributed by atoms with Crippen LogP contribution in [0.2, 0.25) is 0 Å². The molecule has 4 aromatic rings. The van der Waals surface area contributed by atoms with Crippen LogP contribution in [0.15, 0.2) is 84.2 Å². The summed E-state index contributed by atoms with van der Waals surface area (Å²) in [4.78, 5) is 54.5. The molecule has 12 heteroatoms. The number of benzene rings is 3. The second-order valence-corrected chi connectivity index (χ2v) is 14.8. The lowest BCUT2D eigenvalue weighted by Gasteiger charge is -2.35. The highest BCUT2D eigenvalue weighted by molar-refractivity contribution is 7.13. The molecule has 0 bridgehead atoms. The molecule has 0 aliphatic carbocycles. The molecule has 1 fully saturated rings. The summed E-state index contributed by atoms with van der Waals surface area (Å²) in [7, 11) is 1.32. The molecule has 52 heavy (non-hydrogen) atoms. The zero-order valence-corrected chi connectivity index (χ0v) is 30.8. The van der Waals surface area contributed by atoms with E-state index in [0.717, 1.165) is 16.7 Å². The van der Waals surface area contributed by atoms with Crippen molar-refractivity contribution in [3.05, 3.63) is 106 Å². The number of nitrogens with zero attached hydrogens (tertiary/aromatic N) is 1. The minimum Gasteiger partial charge on any atom is -0.465 e. The third-order valence-corrected chi connectivity index (χ3v) is 9.83. The maximum atomic E-state index is 13.9. The number of aryl methyl sites for hydroxylation is 1. The first-order valence-corrected chi connectivity index (χ1v) is 17.9. The maximum Gasteiger partial charge on any atom is 0.337 e. The number of rotatable bonds is 13. The van der Waals surface area contributed by atoms with Crippen LogP contribution in [0, 0.1) is 12.3 Å². The van der Waals surface area contributed by atoms with Crippen molar-refractivity contribution < 1.29 is 38.5 Å². The number of esters is 1. The van der Waals surface area contributed by atoms with E-state index in [1.165, 1.54) is 22.5 Å². The van der Waals surface area contributed by atoms with Gasteiger partial charge in [0.2, 0.25) is 17.7 Å². The summed E-state index contributed by atoms with van der Waals surface area (Å²) in [5.74, 6) is -0.579. The third-order valence-electron chi connectivity index (χ3n) is 8.76. The van der Waals surface area contributed by atoms with Crippen LogP contribution < -0.4 is 15.4 Å². The molecule has 3 N–H and O–H groups in total. The maximum absolute atomic E-state index is 13.9. The number of ether oxygens (including phenoxy) is 3. The van der Waals surface area contributed by atoms with Crippen molar-refractivity contribution in [2.24, 2.45) is 5.41 Å². The van der Waals surface area contributed by atoms with Gasteiger partial charge in [-0.15, -0.1) is 11.3 Å². The number of aliphatic hydroxyl groups excluding tert-OH is 1. The molecule has 274 valence electrons. The van der Waals surface area contributed by atoms with Gasteiger partial charge in [0.1, 0.15) is 30.2 Å². The number of methoxy groups -OCH3 is 1. The predicted molar refractivity (Wildman–Crippen MR) is 198 cm³/mol. The number of hydrogen-bond acceptors (Lipinski definition) is 9. The van der Waals surface area contributed by atoms with Gasteiger partial charge >= 0.3 is 5.97 Å². The van der Waals surface area contributed by atoms with E-state index >= 15 is 0 Å². The van der Waals surface area contributed by atoms with Crippen molar-refractivity contribution in [3.8, 4) is 21.9 Å². The molecule has 1 saturated heterocycles. The highest BCUT2D eigenvalue weighted by atomic mass is 32.1. The van der Waals surface area contributed by atoms with Gasteiger partial charge in [0.05, 0.1) is 25.4 Å². The fraction of sp³-hybridized carbons (Fsp3) is 0.350. The van der Waals surface area contributed by atoms with Crippen LogP contribution in [-0.2, 0) is 37.0 Å². The fourth-order valence-electron chi connectivity index (χ4n) is 5.90. The number of nitrogens with one attached hydrogen (secondary N) is 2. The zero-order chi connectivity index (χ0) is 37.4. The third kappa shape index (κ3) is 9.84. The summed E-state index contributed by atoms with van der Waals surface area (Å²) in [6.45, 7) is 7.68. The molecule has 0 saturated carbocycles. The number of β-amino-alcohol motifs (C(OH)–C–C–N with tert-alkyl or cyclic N) is 1. The summed E-state index contributed by atoms with van der Waals surface area (Å²) in [6, 6.07) is 22.0. The molecule has 2 heterocycles. The van der Waals surface area contributed by atoms with Crippen molar-refractivity contribution >= 4 is 35.0 Å². The molecule has 0 unspecified atom stereocenters. The molecule has 3 amide bonds. The minimum atomic E-state index is -0.962. The van der Waals surface area contributed by atoms with Crippen molar-refractivity contribution in [2.45, 2.75) is 65.5 Å². The Labute approximate surface area is 307 Å². The Morgan fingerprint density at radius 1 is 0.923 bits per heavy atom. The van der Waals surface area contributed by atoms with Crippen LogP contribution in [0.5, 0.6) is 11.5 Å². The lowest BCUT2D eigenvalue weighted by molar-refractivity contribution is -0.144. The fourth-order valence-corrected chi connectivity index (χ4v) is 6.84. The molecular weight excluding hydrogens is 683 g/mol. The van der Waals surface area contributed by atoms with Crippen LogP contribution in [0.3, 0.4) is 0 Å². The molecule has 0 radical (unpaired) electrons. The average molecular weight is 728 g/mol. The number of aliphatic hydroxyl groups is 1. The van der Waals surface area contributed by atoms with E-state index in [1.54, 1.807) is 47.7 Å². The van der Waals surface area contributed by atoms with Crippen molar-refractivity contribution in [3.63, 3.8) is 0 Å². The van der Waals surface area contributed by atoms with Crippen molar-refractivity contribution in [1.29, 1.82) is 0 Å². The Morgan fingerprint density at radius 2 is 1.56 bits per heavy atom. The molecule has 3 aromatic carbocycles. The second-order valence-electron chi connectivity index (χ2n) is 13.9. The van der Waals surface area contributed by atoms with E-state index in [1.807, 2.05) is 57.2 Å². The highest BCUT2D eigenvalue weighted by Gasteiger charge is 2.44. The second kappa shape index (κ2) is 17.0. The van der Waals surface area contributed by atoms with Crippen LogP contribution >= 0.6 is 11.3 Å². The largest absolute Gasteiger partial charge is 0.465 e. The summed E-state index contributed by atoms with van der Waals surface area (Å²) >= 11 is 1.68. The summed E-state index contributed by atoms with van der Waals surface area (Å²) < 4.78 is 16.2. The van der Waals surface area contributed by atoms with Crippen molar-refractivity contribution in [1.82, 2.24) is 15.5 Å². The Balaban J connectivity index is 1.12. The van der Waals surface area contributed by atoms with Gasteiger partial charge < -0.3 is 34.9 Å².